The number of carboxylic acids is 1. The number of carbonyl (C=O) groups is 1. The van der Waals surface area contributed by atoms with E-state index >= 15 is 0 Å². The molecular weight excluding hydrogens is 269 g/mol. The number of anilines is 1. The fraction of sp³-hybridized carbons (Fsp3) is 0.222. The number of rotatable bonds is 1. The predicted molar refractivity (Wildman–Crippen MR) is 54.5 cm³/mol. The number of phenols is 1. The van der Waals surface area contributed by atoms with Crippen molar-refractivity contribution in [2.45, 2.75) is 12.5 Å². The summed E-state index contributed by atoms with van der Waals surface area (Å²) in [6.45, 7) is 0. The molecule has 6 heteroatoms. The van der Waals surface area contributed by atoms with Gasteiger partial charge in [0.05, 0.1) is 4.47 Å². The Hall–Kier alpha value is -1.30. The van der Waals surface area contributed by atoms with E-state index in [1.165, 1.54) is 6.07 Å². The van der Waals surface area contributed by atoms with E-state index in [1.807, 2.05) is 0 Å². The maximum Gasteiger partial charge on any atom is 0.326 e. The minimum absolute atomic E-state index is 0.0333. The Labute approximate surface area is 92.9 Å². The highest BCUT2D eigenvalue weighted by Crippen LogP contribution is 2.40. The number of aliphatic carboxylic acids is 1. The van der Waals surface area contributed by atoms with Crippen LogP contribution in [0.2, 0.25) is 0 Å². The summed E-state index contributed by atoms with van der Waals surface area (Å²) in [7, 11) is 0. The highest BCUT2D eigenvalue weighted by atomic mass is 79.9. The van der Waals surface area contributed by atoms with Gasteiger partial charge in [-0.25, -0.2) is 9.18 Å². The van der Waals surface area contributed by atoms with Gasteiger partial charge in [-0.1, -0.05) is 0 Å². The zero-order valence-corrected chi connectivity index (χ0v) is 9.01. The fourth-order valence-electron chi connectivity index (χ4n) is 1.58. The molecule has 0 amide bonds. The first kappa shape index (κ1) is 10.2. The first-order valence-electron chi connectivity index (χ1n) is 4.20. The predicted octanol–water partition coefficient (Wildman–Crippen LogP) is 1.71. The minimum atomic E-state index is -1.03. The maximum absolute atomic E-state index is 13.2. The Balaban J connectivity index is 2.47. The van der Waals surface area contributed by atoms with Crippen LogP contribution in [0.1, 0.15) is 5.56 Å². The largest absolute Gasteiger partial charge is 0.506 e. The summed E-state index contributed by atoms with van der Waals surface area (Å²) in [5, 5.41) is 21.0. The van der Waals surface area contributed by atoms with Gasteiger partial charge in [-0.3, -0.25) is 0 Å². The molecule has 0 saturated heterocycles. The van der Waals surface area contributed by atoms with Crippen LogP contribution in [0.3, 0.4) is 0 Å². The Morgan fingerprint density at radius 2 is 2.33 bits per heavy atom. The number of benzene rings is 1. The van der Waals surface area contributed by atoms with Crippen molar-refractivity contribution in [3.63, 3.8) is 0 Å². The lowest BCUT2D eigenvalue weighted by molar-refractivity contribution is -0.137. The molecule has 1 unspecified atom stereocenters. The summed E-state index contributed by atoms with van der Waals surface area (Å²) in [4.78, 5) is 10.7. The van der Waals surface area contributed by atoms with Gasteiger partial charge in [0.15, 0.2) is 0 Å². The molecule has 0 fully saturated rings. The molecule has 1 aliphatic heterocycles. The normalized spacial score (nSPS) is 18.4. The van der Waals surface area contributed by atoms with Crippen LogP contribution in [0.5, 0.6) is 5.75 Å². The van der Waals surface area contributed by atoms with E-state index in [0.29, 0.717) is 11.3 Å². The Bertz CT molecular complexity index is 449. The van der Waals surface area contributed by atoms with Crippen molar-refractivity contribution in [2.24, 2.45) is 0 Å². The van der Waals surface area contributed by atoms with Gasteiger partial charge < -0.3 is 15.5 Å². The van der Waals surface area contributed by atoms with Crippen molar-refractivity contribution in [3.05, 3.63) is 21.9 Å². The fourth-order valence-corrected chi connectivity index (χ4v) is 1.93. The first-order chi connectivity index (χ1) is 7.00. The summed E-state index contributed by atoms with van der Waals surface area (Å²) < 4.78 is 13.1. The van der Waals surface area contributed by atoms with Crippen LogP contribution in [0.25, 0.3) is 0 Å². The average molecular weight is 276 g/mol. The van der Waals surface area contributed by atoms with Crippen LogP contribution < -0.4 is 5.32 Å². The molecule has 1 aromatic carbocycles. The summed E-state index contributed by atoms with van der Waals surface area (Å²) in [5.74, 6) is -1.88. The van der Waals surface area contributed by atoms with Crippen molar-refractivity contribution >= 4 is 27.6 Å². The SMILES string of the molecule is O=C(O)C1Cc2c(cc(F)c(Br)c2O)N1. The summed E-state index contributed by atoms with van der Waals surface area (Å²) >= 11 is 2.89. The van der Waals surface area contributed by atoms with Crippen LogP contribution in [0, 0.1) is 5.82 Å². The van der Waals surface area contributed by atoms with E-state index in [2.05, 4.69) is 21.2 Å². The van der Waals surface area contributed by atoms with Crippen molar-refractivity contribution in [2.75, 3.05) is 5.32 Å². The molecule has 80 valence electrons. The quantitative estimate of drug-likeness (QED) is 0.730. The van der Waals surface area contributed by atoms with E-state index in [-0.39, 0.29) is 16.6 Å². The zero-order valence-electron chi connectivity index (χ0n) is 7.42. The van der Waals surface area contributed by atoms with Gasteiger partial charge in [-0.2, -0.15) is 0 Å². The second-order valence-corrected chi connectivity index (χ2v) is 4.08. The van der Waals surface area contributed by atoms with Gasteiger partial charge in [0, 0.05) is 17.7 Å². The molecule has 2 rings (SSSR count). The Morgan fingerprint density at radius 3 is 2.93 bits per heavy atom. The molecule has 1 atom stereocenters. The third-order valence-corrected chi connectivity index (χ3v) is 3.09. The van der Waals surface area contributed by atoms with Crippen LogP contribution >= 0.6 is 15.9 Å². The second-order valence-electron chi connectivity index (χ2n) is 3.29. The van der Waals surface area contributed by atoms with Crippen molar-refractivity contribution < 1.29 is 19.4 Å². The van der Waals surface area contributed by atoms with Gasteiger partial charge in [0.2, 0.25) is 0 Å². The molecule has 3 N–H and O–H groups in total. The van der Waals surface area contributed by atoms with E-state index < -0.39 is 17.8 Å². The number of hydrogen-bond donors (Lipinski definition) is 3. The summed E-state index contributed by atoms with van der Waals surface area (Å²) in [5.41, 5.74) is 0.760. The molecule has 0 aliphatic carbocycles. The molecule has 0 saturated carbocycles. The molecule has 0 aromatic heterocycles. The standard InChI is InChI=1S/C9H7BrFNO3/c10-7-4(11)2-5-3(8(7)13)1-6(12-5)9(14)15/h2,6,12-13H,1H2,(H,14,15). The number of phenolic OH excluding ortho intramolecular Hbond substituents is 1. The van der Waals surface area contributed by atoms with Crippen molar-refractivity contribution in [1.29, 1.82) is 0 Å². The highest BCUT2D eigenvalue weighted by molar-refractivity contribution is 9.10. The second kappa shape index (κ2) is 3.37. The van der Waals surface area contributed by atoms with Gasteiger partial charge in [-0.15, -0.1) is 0 Å². The molecule has 0 bridgehead atoms. The van der Waals surface area contributed by atoms with Gasteiger partial charge in [-0.05, 0) is 22.0 Å². The number of carboxylic acid groups (broad SMARTS) is 1. The zero-order chi connectivity index (χ0) is 11.2. The molecule has 0 spiro atoms. The lowest BCUT2D eigenvalue weighted by atomic mass is 10.1. The number of hydrogen-bond acceptors (Lipinski definition) is 3. The van der Waals surface area contributed by atoms with E-state index in [1.54, 1.807) is 0 Å². The lowest BCUT2D eigenvalue weighted by Crippen LogP contribution is -2.26. The van der Waals surface area contributed by atoms with Gasteiger partial charge >= 0.3 is 5.97 Å². The van der Waals surface area contributed by atoms with Gasteiger partial charge in [0.1, 0.15) is 17.6 Å². The van der Waals surface area contributed by atoms with Crippen LogP contribution in [-0.4, -0.2) is 22.2 Å². The average Bonchev–Trinajstić information content (AvgIpc) is 2.58. The van der Waals surface area contributed by atoms with E-state index in [4.69, 9.17) is 5.11 Å². The number of halogens is 2. The van der Waals surface area contributed by atoms with Gasteiger partial charge in [0.25, 0.3) is 0 Å². The van der Waals surface area contributed by atoms with E-state index in [0.717, 1.165) is 0 Å². The monoisotopic (exact) mass is 275 g/mol. The van der Waals surface area contributed by atoms with Crippen molar-refractivity contribution in [1.82, 2.24) is 0 Å². The number of nitrogens with one attached hydrogen (secondary N) is 1. The molecule has 4 nitrogen and oxygen atoms in total. The van der Waals surface area contributed by atoms with E-state index in [9.17, 15) is 14.3 Å². The maximum atomic E-state index is 13.2. The van der Waals surface area contributed by atoms with Crippen LogP contribution in [-0.2, 0) is 11.2 Å². The minimum Gasteiger partial charge on any atom is -0.506 e. The molecule has 0 radical (unpaired) electrons. The van der Waals surface area contributed by atoms with Crippen LogP contribution in [0.15, 0.2) is 10.5 Å². The van der Waals surface area contributed by atoms with Crippen molar-refractivity contribution in [3.8, 4) is 5.75 Å². The number of fused-ring (bicyclic) bond motifs is 1. The van der Waals surface area contributed by atoms with Crippen LogP contribution in [0.4, 0.5) is 10.1 Å². The third kappa shape index (κ3) is 1.54. The number of aromatic hydroxyl groups is 1. The molecular formula is C9H7BrFNO3. The first-order valence-corrected chi connectivity index (χ1v) is 4.99. The summed E-state index contributed by atoms with van der Waals surface area (Å²) in [6, 6.07) is 0.363. The molecule has 1 aromatic rings. The summed E-state index contributed by atoms with van der Waals surface area (Å²) in [6.07, 6.45) is 0.148. The molecule has 1 heterocycles. The third-order valence-electron chi connectivity index (χ3n) is 2.34. The lowest BCUT2D eigenvalue weighted by Gasteiger charge is -2.05. The Morgan fingerprint density at radius 1 is 1.67 bits per heavy atom. The Kier molecular flexibility index (Phi) is 2.30. The highest BCUT2D eigenvalue weighted by Gasteiger charge is 2.30. The smallest absolute Gasteiger partial charge is 0.326 e. The topological polar surface area (TPSA) is 69.6 Å². The molecule has 15 heavy (non-hydrogen) atoms. The molecule has 1 aliphatic rings.